The molecule has 0 spiro atoms. The van der Waals surface area contributed by atoms with E-state index in [9.17, 15) is 14.4 Å². The van der Waals surface area contributed by atoms with Gasteiger partial charge in [-0.05, 0) is 47.9 Å². The zero-order chi connectivity index (χ0) is 24.5. The molecule has 1 unspecified atom stereocenters. The van der Waals surface area contributed by atoms with E-state index < -0.39 is 30.4 Å². The lowest BCUT2D eigenvalue weighted by Gasteiger charge is -2.20. The number of hydrogen-bond acceptors (Lipinski definition) is 6. The molecule has 0 aliphatic rings. The largest absolute Gasteiger partial charge is 0.493 e. The third-order valence-corrected chi connectivity index (χ3v) is 4.89. The van der Waals surface area contributed by atoms with E-state index in [4.69, 9.17) is 37.8 Å². The molecular weight excluding hydrogens is 473 g/mol. The number of carbonyl (C=O) groups is 3. The number of carboxylic acids is 1. The Morgan fingerprint density at radius 3 is 2.45 bits per heavy atom. The van der Waals surface area contributed by atoms with E-state index in [1.54, 1.807) is 26.0 Å². The van der Waals surface area contributed by atoms with E-state index >= 15 is 0 Å². The average Bonchev–Trinajstić information content (AvgIpc) is 2.75. The van der Waals surface area contributed by atoms with Crippen LogP contribution in [0.2, 0.25) is 10.0 Å². The van der Waals surface area contributed by atoms with Gasteiger partial charge in [0.05, 0.1) is 23.9 Å². The monoisotopic (exact) mass is 495 g/mol. The van der Waals surface area contributed by atoms with Gasteiger partial charge in [-0.2, -0.15) is 5.10 Å². The van der Waals surface area contributed by atoms with Gasteiger partial charge in [-0.3, -0.25) is 9.59 Å². The normalized spacial score (nSPS) is 11.8. The molecule has 0 fully saturated rings. The second-order valence-corrected chi connectivity index (χ2v) is 7.99. The highest BCUT2D eigenvalue weighted by Crippen LogP contribution is 2.27. The van der Waals surface area contributed by atoms with Crippen LogP contribution in [0.25, 0.3) is 0 Å². The topological polar surface area (TPSA) is 126 Å². The summed E-state index contributed by atoms with van der Waals surface area (Å²) in [5, 5.41) is 15.9. The summed E-state index contributed by atoms with van der Waals surface area (Å²) in [6, 6.07) is 8.28. The van der Waals surface area contributed by atoms with Crippen molar-refractivity contribution in [2.75, 3.05) is 13.7 Å². The summed E-state index contributed by atoms with van der Waals surface area (Å²) >= 11 is 11.9. The number of hydrazone groups is 1. The third kappa shape index (κ3) is 7.65. The van der Waals surface area contributed by atoms with E-state index in [0.717, 1.165) is 0 Å². The molecule has 9 nitrogen and oxygen atoms in total. The van der Waals surface area contributed by atoms with Gasteiger partial charge in [-0.25, -0.2) is 10.2 Å². The van der Waals surface area contributed by atoms with Crippen molar-refractivity contribution in [1.82, 2.24) is 10.7 Å². The molecule has 2 rings (SSSR count). The van der Waals surface area contributed by atoms with Crippen LogP contribution in [0.4, 0.5) is 0 Å². The summed E-state index contributed by atoms with van der Waals surface area (Å²) in [6.07, 6.45) is 1.37. The molecule has 0 radical (unpaired) electrons. The number of benzene rings is 2. The fourth-order valence-corrected chi connectivity index (χ4v) is 3.19. The van der Waals surface area contributed by atoms with Crippen LogP contribution in [0.1, 0.15) is 29.8 Å². The van der Waals surface area contributed by atoms with Crippen molar-refractivity contribution >= 4 is 47.2 Å². The SMILES string of the molecule is COc1cc(C=NNC(=O)C(NC(=O)c2ccc(Cl)cc2Cl)C(C)C)ccc1OCC(=O)O. The van der Waals surface area contributed by atoms with Crippen LogP contribution in [0, 0.1) is 5.92 Å². The van der Waals surface area contributed by atoms with Gasteiger partial charge in [-0.1, -0.05) is 37.0 Å². The first kappa shape index (κ1) is 26.0. The molecular formula is C22H23Cl2N3O6. The molecule has 0 bridgehead atoms. The van der Waals surface area contributed by atoms with Crippen molar-refractivity contribution in [3.05, 3.63) is 57.6 Å². The van der Waals surface area contributed by atoms with Crippen LogP contribution in [-0.4, -0.2) is 48.9 Å². The number of methoxy groups -OCH3 is 1. The Kier molecular flexibility index (Phi) is 9.50. The molecule has 2 aromatic rings. The zero-order valence-corrected chi connectivity index (χ0v) is 19.6. The van der Waals surface area contributed by atoms with Crippen LogP contribution in [0.5, 0.6) is 11.5 Å². The maximum absolute atomic E-state index is 12.6. The summed E-state index contributed by atoms with van der Waals surface area (Å²) < 4.78 is 10.3. The number of amides is 2. The molecule has 33 heavy (non-hydrogen) atoms. The van der Waals surface area contributed by atoms with Gasteiger partial charge in [0.2, 0.25) is 0 Å². The fraction of sp³-hybridized carbons (Fsp3) is 0.273. The van der Waals surface area contributed by atoms with Crippen LogP contribution >= 0.6 is 23.2 Å². The first-order valence-corrected chi connectivity index (χ1v) is 10.5. The molecule has 0 aliphatic carbocycles. The molecule has 11 heteroatoms. The Balaban J connectivity index is 2.05. The van der Waals surface area contributed by atoms with Crippen LogP contribution in [0.3, 0.4) is 0 Å². The minimum atomic E-state index is -1.12. The average molecular weight is 496 g/mol. The van der Waals surface area contributed by atoms with E-state index in [-0.39, 0.29) is 22.3 Å². The summed E-state index contributed by atoms with van der Waals surface area (Å²) in [6.45, 7) is 3.04. The minimum absolute atomic E-state index is 0.172. The number of rotatable bonds is 10. The number of nitrogens with one attached hydrogen (secondary N) is 2. The van der Waals surface area contributed by atoms with Crippen molar-refractivity contribution in [3.63, 3.8) is 0 Å². The zero-order valence-electron chi connectivity index (χ0n) is 18.1. The van der Waals surface area contributed by atoms with Crippen molar-refractivity contribution in [2.45, 2.75) is 19.9 Å². The summed E-state index contributed by atoms with van der Waals surface area (Å²) in [7, 11) is 1.41. The summed E-state index contributed by atoms with van der Waals surface area (Å²) in [4.78, 5) is 35.8. The van der Waals surface area contributed by atoms with Gasteiger partial charge in [-0.15, -0.1) is 0 Å². The number of halogens is 2. The molecule has 0 aromatic heterocycles. The molecule has 2 aromatic carbocycles. The predicted octanol–water partition coefficient (Wildman–Crippen LogP) is 3.37. The van der Waals surface area contributed by atoms with Crippen LogP contribution < -0.4 is 20.2 Å². The second-order valence-electron chi connectivity index (χ2n) is 7.15. The summed E-state index contributed by atoms with van der Waals surface area (Å²) in [5.41, 5.74) is 3.15. The van der Waals surface area contributed by atoms with E-state index in [1.807, 2.05) is 0 Å². The molecule has 176 valence electrons. The maximum Gasteiger partial charge on any atom is 0.341 e. The molecule has 1 atom stereocenters. The fourth-order valence-electron chi connectivity index (χ4n) is 2.69. The first-order chi connectivity index (χ1) is 15.6. The number of carbonyl (C=O) groups excluding carboxylic acids is 2. The number of hydrogen-bond donors (Lipinski definition) is 3. The van der Waals surface area contributed by atoms with Gasteiger partial charge >= 0.3 is 5.97 Å². The smallest absolute Gasteiger partial charge is 0.341 e. The third-order valence-electron chi connectivity index (χ3n) is 4.34. The van der Waals surface area contributed by atoms with Crippen molar-refractivity contribution in [3.8, 4) is 11.5 Å². The van der Waals surface area contributed by atoms with Gasteiger partial charge in [0.1, 0.15) is 6.04 Å². The molecule has 0 heterocycles. The standard InChI is InChI=1S/C22H23Cl2N3O6/c1-12(2)20(26-21(30)15-6-5-14(23)9-16(15)24)22(31)27-25-10-13-4-7-17(18(8-13)32-3)33-11-19(28)29/h4-10,12,20H,11H2,1-3H3,(H,26,30)(H,27,31)(H,28,29). The van der Waals surface area contributed by atoms with Gasteiger partial charge < -0.3 is 19.9 Å². The highest BCUT2D eigenvalue weighted by atomic mass is 35.5. The molecule has 0 saturated carbocycles. The predicted molar refractivity (Wildman–Crippen MR) is 124 cm³/mol. The highest BCUT2D eigenvalue weighted by Gasteiger charge is 2.25. The molecule has 0 saturated heterocycles. The van der Waals surface area contributed by atoms with Gasteiger partial charge in [0.15, 0.2) is 18.1 Å². The number of ether oxygens (including phenoxy) is 2. The highest BCUT2D eigenvalue weighted by molar-refractivity contribution is 6.36. The molecule has 2 amide bonds. The Bertz CT molecular complexity index is 1060. The lowest BCUT2D eigenvalue weighted by atomic mass is 10.0. The summed E-state index contributed by atoms with van der Waals surface area (Å²) in [5.74, 6) is -1.83. The number of nitrogens with zero attached hydrogens (tertiary/aromatic N) is 1. The quantitative estimate of drug-likeness (QED) is 0.342. The number of aliphatic carboxylic acids is 1. The van der Waals surface area contributed by atoms with Crippen LogP contribution in [0.15, 0.2) is 41.5 Å². The lowest BCUT2D eigenvalue weighted by molar-refractivity contribution is -0.139. The van der Waals surface area contributed by atoms with Crippen molar-refractivity contribution in [2.24, 2.45) is 11.0 Å². The van der Waals surface area contributed by atoms with Crippen molar-refractivity contribution < 1.29 is 29.0 Å². The van der Waals surface area contributed by atoms with E-state index in [0.29, 0.717) is 16.3 Å². The van der Waals surface area contributed by atoms with Gasteiger partial charge in [0.25, 0.3) is 11.8 Å². The Labute approximate surface area is 200 Å². The minimum Gasteiger partial charge on any atom is -0.493 e. The number of carboxylic acid groups (broad SMARTS) is 1. The Morgan fingerprint density at radius 1 is 1.12 bits per heavy atom. The van der Waals surface area contributed by atoms with Crippen molar-refractivity contribution in [1.29, 1.82) is 0 Å². The first-order valence-electron chi connectivity index (χ1n) is 9.73. The van der Waals surface area contributed by atoms with E-state index in [1.165, 1.54) is 37.6 Å². The lowest BCUT2D eigenvalue weighted by Crippen LogP contribution is -2.48. The molecule has 0 aliphatic heterocycles. The van der Waals surface area contributed by atoms with E-state index in [2.05, 4.69) is 15.8 Å². The maximum atomic E-state index is 12.6. The Hall–Kier alpha value is -3.30. The second kappa shape index (κ2) is 12.1. The Morgan fingerprint density at radius 2 is 1.85 bits per heavy atom. The van der Waals surface area contributed by atoms with Crippen LogP contribution in [-0.2, 0) is 9.59 Å². The molecule has 3 N–H and O–H groups in total. The van der Waals surface area contributed by atoms with Gasteiger partial charge in [0, 0.05) is 5.02 Å².